The van der Waals surface area contributed by atoms with Crippen LogP contribution in [0, 0.1) is 21.4 Å². The maximum Gasteiger partial charge on any atom is 0.270 e. The summed E-state index contributed by atoms with van der Waals surface area (Å²) >= 11 is 0. The Morgan fingerprint density at radius 2 is 2.05 bits per heavy atom. The number of nitro groups is 1. The van der Waals surface area contributed by atoms with Gasteiger partial charge in [-0.25, -0.2) is 0 Å². The molecule has 0 saturated heterocycles. The second-order valence-electron chi connectivity index (χ2n) is 4.44. The molecule has 0 fully saturated rings. The molecule has 19 heavy (non-hydrogen) atoms. The lowest BCUT2D eigenvalue weighted by Gasteiger charge is -2.07. The van der Waals surface area contributed by atoms with E-state index < -0.39 is 4.92 Å². The zero-order valence-electron chi connectivity index (χ0n) is 11.2. The van der Waals surface area contributed by atoms with Crippen LogP contribution in [0.25, 0.3) is 0 Å². The third-order valence-corrected chi connectivity index (χ3v) is 2.93. The van der Waals surface area contributed by atoms with Gasteiger partial charge in [0, 0.05) is 18.7 Å². The standard InChI is InChI=1S/C14H19N3O2/c1-2-3-4-5-6-9-16-14-8-7-13(17(18)19)10-12(14)11-15/h7-8,10,16H,2-6,9H2,1H3. The van der Waals surface area contributed by atoms with Gasteiger partial charge in [-0.05, 0) is 12.5 Å². The number of hydrogen-bond acceptors (Lipinski definition) is 4. The van der Waals surface area contributed by atoms with E-state index in [2.05, 4.69) is 12.2 Å². The van der Waals surface area contributed by atoms with Crippen LogP contribution >= 0.6 is 0 Å². The number of nitro benzene ring substituents is 1. The number of hydrogen-bond donors (Lipinski definition) is 1. The van der Waals surface area contributed by atoms with Gasteiger partial charge in [-0.3, -0.25) is 10.1 Å². The summed E-state index contributed by atoms with van der Waals surface area (Å²) in [6.07, 6.45) is 5.90. The molecule has 102 valence electrons. The summed E-state index contributed by atoms with van der Waals surface area (Å²) in [4.78, 5) is 10.1. The molecule has 0 aromatic heterocycles. The van der Waals surface area contributed by atoms with Gasteiger partial charge in [-0.1, -0.05) is 32.6 Å². The van der Waals surface area contributed by atoms with Crippen LogP contribution in [0.3, 0.4) is 0 Å². The number of nitriles is 1. The second-order valence-corrected chi connectivity index (χ2v) is 4.44. The first-order valence-corrected chi connectivity index (χ1v) is 6.61. The van der Waals surface area contributed by atoms with Crippen molar-refractivity contribution in [2.24, 2.45) is 0 Å². The molecule has 0 radical (unpaired) electrons. The summed E-state index contributed by atoms with van der Waals surface area (Å²) in [7, 11) is 0. The monoisotopic (exact) mass is 261 g/mol. The Hall–Kier alpha value is -2.09. The highest BCUT2D eigenvalue weighted by Gasteiger charge is 2.09. The first kappa shape index (κ1) is 15.0. The summed E-state index contributed by atoms with van der Waals surface area (Å²) in [6, 6.07) is 6.31. The van der Waals surface area contributed by atoms with Gasteiger partial charge < -0.3 is 5.32 Å². The minimum absolute atomic E-state index is 0.0509. The summed E-state index contributed by atoms with van der Waals surface area (Å²) in [5.74, 6) is 0. The van der Waals surface area contributed by atoms with Crippen LogP contribution in [-0.2, 0) is 0 Å². The Kier molecular flexibility index (Phi) is 6.37. The topological polar surface area (TPSA) is 79.0 Å². The molecule has 0 unspecified atom stereocenters. The molecule has 1 rings (SSSR count). The van der Waals surface area contributed by atoms with Crippen molar-refractivity contribution in [1.82, 2.24) is 0 Å². The largest absolute Gasteiger partial charge is 0.384 e. The molecule has 0 aliphatic heterocycles. The fraction of sp³-hybridized carbons (Fsp3) is 0.500. The number of benzene rings is 1. The molecule has 0 spiro atoms. The van der Waals surface area contributed by atoms with Gasteiger partial charge in [0.1, 0.15) is 6.07 Å². The first-order valence-electron chi connectivity index (χ1n) is 6.61. The maximum absolute atomic E-state index is 10.6. The van der Waals surface area contributed by atoms with Crippen molar-refractivity contribution in [2.75, 3.05) is 11.9 Å². The zero-order chi connectivity index (χ0) is 14.1. The van der Waals surface area contributed by atoms with Crippen molar-refractivity contribution >= 4 is 11.4 Å². The van der Waals surface area contributed by atoms with Crippen LogP contribution < -0.4 is 5.32 Å². The highest BCUT2D eigenvalue weighted by Crippen LogP contribution is 2.21. The molecule has 0 amide bonds. The SMILES string of the molecule is CCCCCCCNc1ccc([N+](=O)[O-])cc1C#N. The summed E-state index contributed by atoms with van der Waals surface area (Å²) in [6.45, 7) is 2.96. The van der Waals surface area contributed by atoms with Crippen molar-refractivity contribution < 1.29 is 4.92 Å². The van der Waals surface area contributed by atoms with Crippen molar-refractivity contribution in [3.05, 3.63) is 33.9 Å². The second kappa shape index (κ2) is 8.09. The Morgan fingerprint density at radius 3 is 2.68 bits per heavy atom. The first-order chi connectivity index (χ1) is 9.19. The van der Waals surface area contributed by atoms with Crippen LogP contribution in [0.2, 0.25) is 0 Å². The van der Waals surface area contributed by atoms with Gasteiger partial charge in [-0.15, -0.1) is 0 Å². The third-order valence-electron chi connectivity index (χ3n) is 2.93. The lowest BCUT2D eigenvalue weighted by atomic mass is 10.1. The molecule has 0 heterocycles. The molecule has 0 aliphatic rings. The van der Waals surface area contributed by atoms with Crippen molar-refractivity contribution in [2.45, 2.75) is 39.0 Å². The summed E-state index contributed by atoms with van der Waals surface area (Å²) in [5, 5.41) is 22.8. The van der Waals surface area contributed by atoms with Crippen LogP contribution in [0.1, 0.15) is 44.6 Å². The molecular formula is C14H19N3O2. The molecule has 0 saturated carbocycles. The van der Waals surface area contributed by atoms with Crippen LogP contribution in [-0.4, -0.2) is 11.5 Å². The molecule has 1 aromatic rings. The molecule has 0 aliphatic carbocycles. The minimum Gasteiger partial charge on any atom is -0.384 e. The highest BCUT2D eigenvalue weighted by molar-refractivity contribution is 5.61. The molecule has 5 heteroatoms. The lowest BCUT2D eigenvalue weighted by Crippen LogP contribution is -2.03. The third kappa shape index (κ3) is 4.96. The molecule has 0 bridgehead atoms. The van der Waals surface area contributed by atoms with Crippen molar-refractivity contribution in [3.8, 4) is 6.07 Å². The van der Waals surface area contributed by atoms with E-state index in [1.54, 1.807) is 6.07 Å². The van der Waals surface area contributed by atoms with Crippen molar-refractivity contribution in [1.29, 1.82) is 5.26 Å². The molecular weight excluding hydrogens is 242 g/mol. The predicted octanol–water partition coefficient (Wildman–Crippen LogP) is 3.85. The van der Waals surface area contributed by atoms with E-state index in [0.717, 1.165) is 19.4 Å². The molecule has 1 aromatic carbocycles. The lowest BCUT2D eigenvalue weighted by molar-refractivity contribution is -0.384. The van der Waals surface area contributed by atoms with Gasteiger partial charge in [0.05, 0.1) is 16.2 Å². The number of unbranched alkanes of at least 4 members (excludes halogenated alkanes) is 4. The predicted molar refractivity (Wildman–Crippen MR) is 75.1 cm³/mol. The van der Waals surface area contributed by atoms with Crippen LogP contribution in [0.4, 0.5) is 11.4 Å². The fourth-order valence-corrected chi connectivity index (χ4v) is 1.84. The Balaban J connectivity index is 2.50. The van der Waals surface area contributed by atoms with E-state index in [0.29, 0.717) is 11.3 Å². The number of nitrogens with one attached hydrogen (secondary N) is 1. The van der Waals surface area contributed by atoms with E-state index in [1.807, 2.05) is 6.07 Å². The maximum atomic E-state index is 10.6. The van der Waals surface area contributed by atoms with Crippen LogP contribution in [0.5, 0.6) is 0 Å². The van der Waals surface area contributed by atoms with E-state index >= 15 is 0 Å². The minimum atomic E-state index is -0.491. The van der Waals surface area contributed by atoms with Gasteiger partial charge in [0.15, 0.2) is 0 Å². The number of anilines is 1. The number of nitrogens with zero attached hydrogens (tertiary/aromatic N) is 2. The van der Waals surface area contributed by atoms with Crippen molar-refractivity contribution in [3.63, 3.8) is 0 Å². The smallest absolute Gasteiger partial charge is 0.270 e. The molecule has 5 nitrogen and oxygen atoms in total. The number of rotatable bonds is 8. The van der Waals surface area contributed by atoms with E-state index in [1.165, 1.54) is 31.4 Å². The Morgan fingerprint density at radius 1 is 1.32 bits per heavy atom. The summed E-state index contributed by atoms with van der Waals surface area (Å²) in [5.41, 5.74) is 0.941. The van der Waals surface area contributed by atoms with Crippen LogP contribution in [0.15, 0.2) is 18.2 Å². The normalized spacial score (nSPS) is 9.89. The van der Waals surface area contributed by atoms with Gasteiger partial charge in [0.2, 0.25) is 0 Å². The summed E-state index contributed by atoms with van der Waals surface area (Å²) < 4.78 is 0. The average molecular weight is 261 g/mol. The van der Waals surface area contributed by atoms with Gasteiger partial charge in [0.25, 0.3) is 5.69 Å². The fourth-order valence-electron chi connectivity index (χ4n) is 1.84. The Labute approximate surface area is 113 Å². The quantitative estimate of drug-likeness (QED) is 0.438. The average Bonchev–Trinajstić information content (AvgIpc) is 2.42. The van der Waals surface area contributed by atoms with E-state index in [4.69, 9.17) is 5.26 Å². The highest BCUT2D eigenvalue weighted by atomic mass is 16.6. The Bertz CT molecular complexity index is 466. The van der Waals surface area contributed by atoms with E-state index in [9.17, 15) is 10.1 Å². The van der Waals surface area contributed by atoms with Gasteiger partial charge >= 0.3 is 0 Å². The number of non-ortho nitro benzene ring substituents is 1. The van der Waals surface area contributed by atoms with E-state index in [-0.39, 0.29) is 5.69 Å². The molecule has 0 atom stereocenters. The van der Waals surface area contributed by atoms with Gasteiger partial charge in [-0.2, -0.15) is 5.26 Å². The molecule has 1 N–H and O–H groups in total. The zero-order valence-corrected chi connectivity index (χ0v) is 11.2.